The largest absolute Gasteiger partial charge is 0.383 e. The molecule has 2 aliphatic rings. The Kier molecular flexibility index (Phi) is 16.5. The van der Waals surface area contributed by atoms with Crippen molar-refractivity contribution >= 4 is 29.4 Å². The van der Waals surface area contributed by atoms with Crippen LogP contribution in [0.4, 0.5) is 8.78 Å². The number of rotatable bonds is 20. The van der Waals surface area contributed by atoms with Crippen molar-refractivity contribution in [3.05, 3.63) is 78.6 Å². The highest BCUT2D eigenvalue weighted by Gasteiger charge is 2.51. The zero-order chi connectivity index (χ0) is 38.1. The van der Waals surface area contributed by atoms with Crippen LogP contribution in [0, 0.1) is 5.92 Å². The summed E-state index contributed by atoms with van der Waals surface area (Å²) in [7, 11) is 0. The lowest BCUT2D eigenvalue weighted by atomic mass is 9.83. The van der Waals surface area contributed by atoms with Crippen LogP contribution in [0.2, 0.25) is 0 Å². The number of ether oxygens (including phenoxy) is 1. The molecule has 0 unspecified atom stereocenters. The summed E-state index contributed by atoms with van der Waals surface area (Å²) in [4.78, 5) is 72.7. The summed E-state index contributed by atoms with van der Waals surface area (Å²) < 4.78 is 36.3. The number of benzene rings is 1. The van der Waals surface area contributed by atoms with Crippen molar-refractivity contribution in [3.8, 4) is 0 Å². The first-order valence-electron chi connectivity index (χ1n) is 18.5. The van der Waals surface area contributed by atoms with Crippen LogP contribution in [0.25, 0.3) is 0 Å². The molecule has 1 aromatic carbocycles. The first-order chi connectivity index (χ1) is 25.6. The lowest BCUT2D eigenvalue weighted by Gasteiger charge is -2.30. The highest BCUT2D eigenvalue weighted by Crippen LogP contribution is 2.29. The number of alkyl halides is 2. The molecule has 3 atom stereocenters. The number of carbonyl (C=O) groups excluding carboxylic acids is 5. The van der Waals surface area contributed by atoms with E-state index in [0.29, 0.717) is 52.1 Å². The SMILES string of the molecule is C=CC[C@H](NC(=O)[C@H](Cc1ccccc1)NC(=O)CCc1cccnc1)C(=O)N[C@@H](CC1CCCCC1)C(=O)C(F)(F)C(=O)NCCN1CCOCC1. The molecule has 1 aliphatic carbocycles. The zero-order valence-corrected chi connectivity index (χ0v) is 30.2. The fraction of sp³-hybridized carbons (Fsp3) is 0.538. The lowest BCUT2D eigenvalue weighted by Crippen LogP contribution is -2.59. The van der Waals surface area contributed by atoms with Gasteiger partial charge in [-0.15, -0.1) is 6.58 Å². The van der Waals surface area contributed by atoms with E-state index < -0.39 is 53.5 Å². The van der Waals surface area contributed by atoms with E-state index in [1.165, 1.54) is 6.08 Å². The molecule has 14 heteroatoms. The van der Waals surface area contributed by atoms with E-state index in [1.807, 2.05) is 17.0 Å². The summed E-state index contributed by atoms with van der Waals surface area (Å²) in [6.07, 6.45) is 9.22. The molecule has 12 nitrogen and oxygen atoms in total. The standard InChI is InChI=1S/C39H52F2N6O6/c1-2-10-31(45-37(51)33(26-29-13-7-4-8-14-29)44-34(48)17-16-30-15-9-18-42-27-30)36(50)46-32(25-28-11-5-3-6-12-28)35(49)39(40,41)38(52)43-19-20-47-21-23-53-24-22-47/h2,4,7-9,13-15,18,27-28,31-33H,1,3,5-6,10-12,16-17,19-26H2,(H,43,52)(H,44,48)(H,45,51)(H,46,50)/t31-,32-,33-/m0/s1. The van der Waals surface area contributed by atoms with Crippen molar-refractivity contribution < 1.29 is 37.5 Å². The summed E-state index contributed by atoms with van der Waals surface area (Å²) in [5.74, 6) is -9.89. The summed E-state index contributed by atoms with van der Waals surface area (Å²) in [6.45, 7) is 6.14. The summed E-state index contributed by atoms with van der Waals surface area (Å²) in [5.41, 5.74) is 1.61. The highest BCUT2D eigenvalue weighted by molar-refractivity contribution is 6.10. The van der Waals surface area contributed by atoms with Crippen LogP contribution in [0.1, 0.15) is 62.5 Å². The zero-order valence-electron chi connectivity index (χ0n) is 30.2. The molecule has 2 fully saturated rings. The Morgan fingerprint density at radius 2 is 1.58 bits per heavy atom. The smallest absolute Gasteiger partial charge is 0.379 e. The monoisotopic (exact) mass is 738 g/mol. The van der Waals surface area contributed by atoms with E-state index in [1.54, 1.807) is 42.7 Å². The van der Waals surface area contributed by atoms with Gasteiger partial charge in [-0.2, -0.15) is 8.78 Å². The summed E-state index contributed by atoms with van der Waals surface area (Å²) in [5, 5.41) is 10.1. The van der Waals surface area contributed by atoms with Crippen molar-refractivity contribution in [1.82, 2.24) is 31.2 Å². The Morgan fingerprint density at radius 1 is 0.906 bits per heavy atom. The van der Waals surface area contributed by atoms with E-state index >= 15 is 8.78 Å². The number of carbonyl (C=O) groups is 5. The third-order valence-corrected chi connectivity index (χ3v) is 9.67. The van der Waals surface area contributed by atoms with Crippen molar-refractivity contribution in [3.63, 3.8) is 0 Å². The maximum atomic E-state index is 15.5. The normalized spacial score (nSPS) is 17.1. The number of ketones is 1. The number of morpholine rings is 1. The van der Waals surface area contributed by atoms with Gasteiger partial charge >= 0.3 is 5.92 Å². The number of nitrogens with one attached hydrogen (secondary N) is 4. The second-order valence-corrected chi connectivity index (χ2v) is 13.7. The Balaban J connectivity index is 1.45. The Morgan fingerprint density at radius 3 is 2.26 bits per heavy atom. The molecule has 2 heterocycles. The van der Waals surface area contributed by atoms with Crippen LogP contribution in [0.5, 0.6) is 0 Å². The second-order valence-electron chi connectivity index (χ2n) is 13.7. The minimum Gasteiger partial charge on any atom is -0.379 e. The third kappa shape index (κ3) is 13.4. The third-order valence-electron chi connectivity index (χ3n) is 9.67. The number of aryl methyl sites for hydroxylation is 1. The molecule has 1 saturated heterocycles. The van der Waals surface area contributed by atoms with Crippen LogP contribution in [-0.2, 0) is 41.6 Å². The van der Waals surface area contributed by atoms with Crippen LogP contribution in [-0.4, -0.2) is 103 Å². The molecule has 1 saturated carbocycles. The average Bonchev–Trinajstić information content (AvgIpc) is 3.17. The minimum absolute atomic E-state index is 0.0698. The summed E-state index contributed by atoms with van der Waals surface area (Å²) >= 11 is 0. The van der Waals surface area contributed by atoms with Gasteiger partial charge in [0, 0.05) is 51.4 Å². The minimum atomic E-state index is -4.41. The Labute approximate surface area is 309 Å². The fourth-order valence-corrected chi connectivity index (χ4v) is 6.65. The number of hydrogen-bond acceptors (Lipinski definition) is 8. The summed E-state index contributed by atoms with van der Waals surface area (Å²) in [6, 6.07) is 8.56. The first kappa shape index (κ1) is 41.2. The second kappa shape index (κ2) is 21.2. The van der Waals surface area contributed by atoms with Gasteiger partial charge in [0.15, 0.2) is 0 Å². The predicted molar refractivity (Wildman–Crippen MR) is 195 cm³/mol. The van der Waals surface area contributed by atoms with Gasteiger partial charge in [-0.25, -0.2) is 0 Å². The number of aromatic nitrogens is 1. The maximum absolute atomic E-state index is 15.5. The van der Waals surface area contributed by atoms with E-state index in [4.69, 9.17) is 4.74 Å². The van der Waals surface area contributed by atoms with E-state index in [0.717, 1.165) is 30.4 Å². The van der Waals surface area contributed by atoms with Gasteiger partial charge in [0.2, 0.25) is 23.5 Å². The van der Waals surface area contributed by atoms with Crippen molar-refractivity contribution in [2.75, 3.05) is 39.4 Å². The molecule has 53 heavy (non-hydrogen) atoms. The molecule has 0 radical (unpaired) electrons. The maximum Gasteiger partial charge on any atom is 0.383 e. The van der Waals surface area contributed by atoms with Crippen molar-refractivity contribution in [2.45, 2.75) is 88.3 Å². The van der Waals surface area contributed by atoms with Crippen LogP contribution >= 0.6 is 0 Å². The van der Waals surface area contributed by atoms with E-state index in [-0.39, 0.29) is 38.1 Å². The van der Waals surface area contributed by atoms with Gasteiger partial charge in [-0.3, -0.25) is 33.9 Å². The number of pyridine rings is 1. The van der Waals surface area contributed by atoms with Gasteiger partial charge in [-0.05, 0) is 42.4 Å². The number of nitrogens with zero attached hydrogens (tertiary/aromatic N) is 2. The van der Waals surface area contributed by atoms with Gasteiger partial charge in [-0.1, -0.05) is 74.6 Å². The van der Waals surface area contributed by atoms with E-state index in [9.17, 15) is 24.0 Å². The Bertz CT molecular complexity index is 1500. The van der Waals surface area contributed by atoms with Crippen molar-refractivity contribution in [2.24, 2.45) is 5.92 Å². The van der Waals surface area contributed by atoms with Gasteiger partial charge in [0.05, 0.1) is 19.3 Å². The molecule has 0 spiro atoms. The van der Waals surface area contributed by atoms with Gasteiger partial charge in [0.1, 0.15) is 12.1 Å². The van der Waals surface area contributed by atoms with Gasteiger partial charge < -0.3 is 26.0 Å². The van der Waals surface area contributed by atoms with Crippen molar-refractivity contribution in [1.29, 1.82) is 0 Å². The number of Topliss-reactive ketones (excluding diaryl/α,β-unsaturated/α-hetero) is 1. The molecule has 4 rings (SSSR count). The first-order valence-corrected chi connectivity index (χ1v) is 18.5. The molecule has 4 amide bonds. The topological polar surface area (TPSA) is 159 Å². The van der Waals surface area contributed by atoms with E-state index in [2.05, 4.69) is 32.8 Å². The molecular formula is C39H52F2N6O6. The van der Waals surface area contributed by atoms with Gasteiger partial charge in [0.25, 0.3) is 5.91 Å². The molecule has 1 aliphatic heterocycles. The lowest BCUT2D eigenvalue weighted by molar-refractivity contribution is -0.160. The average molecular weight is 739 g/mol. The number of amides is 4. The molecule has 4 N–H and O–H groups in total. The molecular weight excluding hydrogens is 686 g/mol. The highest BCUT2D eigenvalue weighted by atomic mass is 19.3. The number of halogens is 2. The van der Waals surface area contributed by atoms with Crippen LogP contribution in [0.3, 0.4) is 0 Å². The van der Waals surface area contributed by atoms with Crippen LogP contribution in [0.15, 0.2) is 67.5 Å². The quantitative estimate of drug-likeness (QED) is 0.119. The molecule has 0 bridgehead atoms. The molecule has 1 aromatic heterocycles. The molecule has 2 aromatic rings. The Hall–Kier alpha value is -4.56. The number of hydrogen-bond donors (Lipinski definition) is 4. The molecule has 288 valence electrons. The van der Waals surface area contributed by atoms with Crippen LogP contribution < -0.4 is 21.3 Å². The fourth-order valence-electron chi connectivity index (χ4n) is 6.65. The predicted octanol–water partition coefficient (Wildman–Crippen LogP) is 2.91.